The second-order valence-corrected chi connectivity index (χ2v) is 5.91. The average Bonchev–Trinajstić information content (AvgIpc) is 2.51. The van der Waals surface area contributed by atoms with Crippen molar-refractivity contribution in [2.75, 3.05) is 0 Å². The van der Waals surface area contributed by atoms with Crippen LogP contribution in [0.1, 0.15) is 17.5 Å². The van der Waals surface area contributed by atoms with E-state index in [-0.39, 0.29) is 30.8 Å². The van der Waals surface area contributed by atoms with E-state index in [1.807, 2.05) is 0 Å². The SMILES string of the molecule is O=C(O)C(O)(Cc1ccc(O)cc1)CC(O)Cc1ccc(O)cc1. The first-order chi connectivity index (χ1) is 11.3. The summed E-state index contributed by atoms with van der Waals surface area (Å²) in [4.78, 5) is 11.5. The first-order valence-electron chi connectivity index (χ1n) is 7.48. The summed E-state index contributed by atoms with van der Waals surface area (Å²) in [6.45, 7) is 0. The fourth-order valence-electron chi connectivity index (χ4n) is 2.55. The van der Waals surface area contributed by atoms with Crippen LogP contribution < -0.4 is 0 Å². The summed E-state index contributed by atoms with van der Waals surface area (Å²) in [6.07, 6.45) is -1.43. The van der Waals surface area contributed by atoms with Crippen molar-refractivity contribution < 1.29 is 30.3 Å². The molecule has 0 saturated heterocycles. The van der Waals surface area contributed by atoms with E-state index in [1.165, 1.54) is 36.4 Å². The van der Waals surface area contributed by atoms with Crippen molar-refractivity contribution in [3.05, 3.63) is 59.7 Å². The third-order valence-electron chi connectivity index (χ3n) is 3.81. The van der Waals surface area contributed by atoms with E-state index in [2.05, 4.69) is 0 Å². The number of carbonyl (C=O) groups is 1. The molecule has 0 aliphatic carbocycles. The Labute approximate surface area is 139 Å². The lowest BCUT2D eigenvalue weighted by atomic mass is 9.87. The van der Waals surface area contributed by atoms with Gasteiger partial charge in [-0.1, -0.05) is 24.3 Å². The van der Waals surface area contributed by atoms with Gasteiger partial charge < -0.3 is 25.5 Å². The minimum atomic E-state index is -2.12. The number of carboxylic acids is 1. The zero-order valence-corrected chi connectivity index (χ0v) is 13.0. The number of rotatable bonds is 7. The maximum Gasteiger partial charge on any atom is 0.336 e. The maximum absolute atomic E-state index is 11.5. The second kappa shape index (κ2) is 7.33. The van der Waals surface area contributed by atoms with E-state index >= 15 is 0 Å². The lowest BCUT2D eigenvalue weighted by molar-refractivity contribution is -0.161. The smallest absolute Gasteiger partial charge is 0.336 e. The zero-order chi connectivity index (χ0) is 17.7. The molecular formula is C18H20O6. The molecule has 6 nitrogen and oxygen atoms in total. The van der Waals surface area contributed by atoms with Crippen molar-refractivity contribution in [3.63, 3.8) is 0 Å². The van der Waals surface area contributed by atoms with Crippen molar-refractivity contribution in [2.24, 2.45) is 0 Å². The van der Waals surface area contributed by atoms with Gasteiger partial charge in [0.05, 0.1) is 6.10 Å². The Hall–Kier alpha value is -2.57. The highest BCUT2D eigenvalue weighted by Gasteiger charge is 2.38. The Morgan fingerprint density at radius 2 is 1.38 bits per heavy atom. The summed E-state index contributed by atoms with van der Waals surface area (Å²) in [5.74, 6) is -1.27. The number of aliphatic hydroxyl groups is 2. The van der Waals surface area contributed by atoms with Gasteiger partial charge in [-0.15, -0.1) is 0 Å². The predicted molar refractivity (Wildman–Crippen MR) is 86.8 cm³/mol. The fourth-order valence-corrected chi connectivity index (χ4v) is 2.55. The average molecular weight is 332 g/mol. The summed E-state index contributed by atoms with van der Waals surface area (Å²) >= 11 is 0. The molecule has 0 aromatic heterocycles. The Bertz CT molecular complexity index is 680. The molecule has 6 heteroatoms. The van der Waals surface area contributed by atoms with Gasteiger partial charge in [-0.3, -0.25) is 0 Å². The van der Waals surface area contributed by atoms with Gasteiger partial charge in [0.25, 0.3) is 0 Å². The van der Waals surface area contributed by atoms with Crippen molar-refractivity contribution in [1.82, 2.24) is 0 Å². The number of hydrogen-bond acceptors (Lipinski definition) is 5. The van der Waals surface area contributed by atoms with Crippen LogP contribution in [0.25, 0.3) is 0 Å². The number of hydrogen-bond donors (Lipinski definition) is 5. The van der Waals surface area contributed by atoms with Crippen LogP contribution in [-0.4, -0.2) is 43.2 Å². The Morgan fingerprint density at radius 1 is 0.917 bits per heavy atom. The van der Waals surface area contributed by atoms with Crippen LogP contribution in [0.5, 0.6) is 11.5 Å². The van der Waals surface area contributed by atoms with E-state index in [1.54, 1.807) is 12.1 Å². The number of carboxylic acid groups (broad SMARTS) is 1. The highest BCUT2D eigenvalue weighted by Crippen LogP contribution is 2.23. The van der Waals surface area contributed by atoms with Crippen LogP contribution in [-0.2, 0) is 17.6 Å². The molecule has 0 heterocycles. The van der Waals surface area contributed by atoms with E-state index in [0.717, 1.165) is 5.56 Å². The number of phenols is 2. The Balaban J connectivity index is 2.07. The lowest BCUT2D eigenvalue weighted by Crippen LogP contribution is -2.44. The molecule has 2 unspecified atom stereocenters. The van der Waals surface area contributed by atoms with Crippen LogP contribution in [0.15, 0.2) is 48.5 Å². The van der Waals surface area contributed by atoms with Crippen LogP contribution in [0.2, 0.25) is 0 Å². The van der Waals surface area contributed by atoms with Gasteiger partial charge in [-0.05, 0) is 41.8 Å². The van der Waals surface area contributed by atoms with Gasteiger partial charge in [0, 0.05) is 12.8 Å². The summed E-state index contributed by atoms with van der Waals surface area (Å²) in [7, 11) is 0. The minimum Gasteiger partial charge on any atom is -0.508 e. The zero-order valence-electron chi connectivity index (χ0n) is 13.0. The van der Waals surface area contributed by atoms with E-state index in [9.17, 15) is 30.3 Å². The fraction of sp³-hybridized carbons (Fsp3) is 0.278. The molecule has 0 radical (unpaired) electrons. The molecular weight excluding hydrogens is 312 g/mol. The third-order valence-corrected chi connectivity index (χ3v) is 3.81. The largest absolute Gasteiger partial charge is 0.508 e. The predicted octanol–water partition coefficient (Wildman–Crippen LogP) is 1.45. The number of aromatic hydroxyl groups is 2. The van der Waals surface area contributed by atoms with Gasteiger partial charge in [0.1, 0.15) is 11.5 Å². The van der Waals surface area contributed by atoms with Gasteiger partial charge >= 0.3 is 5.97 Å². The highest BCUT2D eigenvalue weighted by atomic mass is 16.4. The molecule has 0 saturated carbocycles. The summed E-state index contributed by atoms with van der Waals surface area (Å²) in [5.41, 5.74) is -0.861. The van der Waals surface area contributed by atoms with Crippen molar-refractivity contribution in [1.29, 1.82) is 0 Å². The molecule has 5 N–H and O–H groups in total. The molecule has 0 aliphatic rings. The molecule has 2 aromatic rings. The Kier molecular flexibility index (Phi) is 5.43. The second-order valence-electron chi connectivity index (χ2n) is 5.91. The van der Waals surface area contributed by atoms with Crippen molar-refractivity contribution >= 4 is 5.97 Å². The van der Waals surface area contributed by atoms with Gasteiger partial charge in [0.2, 0.25) is 0 Å². The molecule has 0 spiro atoms. The molecule has 0 fully saturated rings. The van der Waals surface area contributed by atoms with E-state index in [4.69, 9.17) is 0 Å². The third kappa shape index (κ3) is 4.71. The minimum absolute atomic E-state index is 0.0463. The molecule has 0 bridgehead atoms. The van der Waals surface area contributed by atoms with Gasteiger partial charge in [-0.25, -0.2) is 4.79 Å². The molecule has 0 amide bonds. The van der Waals surface area contributed by atoms with E-state index in [0.29, 0.717) is 5.56 Å². The molecule has 2 atom stereocenters. The van der Waals surface area contributed by atoms with Gasteiger partial charge in [-0.2, -0.15) is 0 Å². The first-order valence-corrected chi connectivity index (χ1v) is 7.48. The molecule has 128 valence electrons. The number of benzene rings is 2. The molecule has 2 rings (SSSR count). The van der Waals surface area contributed by atoms with Crippen molar-refractivity contribution in [3.8, 4) is 11.5 Å². The number of phenolic OH excluding ortho intramolecular Hbond substituents is 2. The quantitative estimate of drug-likeness (QED) is 0.524. The molecule has 0 aliphatic heterocycles. The summed E-state index contributed by atoms with van der Waals surface area (Å²) < 4.78 is 0. The van der Waals surface area contributed by atoms with Gasteiger partial charge in [0.15, 0.2) is 5.60 Å². The molecule has 2 aromatic carbocycles. The lowest BCUT2D eigenvalue weighted by Gasteiger charge is -2.26. The standard InChI is InChI=1S/C18H20O6/c19-14-5-1-12(2-6-14)9-16(21)11-18(24,17(22)23)10-13-3-7-15(20)8-4-13/h1-8,16,19-21,24H,9-11H2,(H,22,23). The highest BCUT2D eigenvalue weighted by molar-refractivity contribution is 5.77. The topological polar surface area (TPSA) is 118 Å². The normalized spacial score (nSPS) is 14.8. The number of aliphatic hydroxyl groups excluding tert-OH is 1. The van der Waals surface area contributed by atoms with Crippen LogP contribution in [0.3, 0.4) is 0 Å². The first kappa shape index (κ1) is 17.8. The van der Waals surface area contributed by atoms with Crippen LogP contribution in [0.4, 0.5) is 0 Å². The monoisotopic (exact) mass is 332 g/mol. The van der Waals surface area contributed by atoms with Crippen LogP contribution in [0, 0.1) is 0 Å². The Morgan fingerprint density at radius 3 is 1.83 bits per heavy atom. The van der Waals surface area contributed by atoms with Crippen molar-refractivity contribution in [2.45, 2.75) is 31.0 Å². The van der Waals surface area contributed by atoms with E-state index < -0.39 is 17.7 Å². The molecule has 24 heavy (non-hydrogen) atoms. The summed E-state index contributed by atoms with van der Waals surface area (Å²) in [5, 5.41) is 48.4. The summed E-state index contributed by atoms with van der Waals surface area (Å²) in [6, 6.07) is 12.1. The maximum atomic E-state index is 11.5. The number of aliphatic carboxylic acids is 1. The van der Waals surface area contributed by atoms with Crippen LogP contribution >= 0.6 is 0 Å².